The van der Waals surface area contributed by atoms with E-state index in [0.717, 1.165) is 19.6 Å². The lowest BCUT2D eigenvalue weighted by atomic mass is 9.91. The van der Waals surface area contributed by atoms with E-state index < -0.39 is 11.5 Å². The maximum Gasteiger partial charge on any atom is 0.323 e. The number of nitrogens with one attached hydrogen (secondary N) is 1. The molecule has 124 valence electrons. The summed E-state index contributed by atoms with van der Waals surface area (Å²) in [5.74, 6) is -0.759. The van der Waals surface area contributed by atoms with E-state index in [4.69, 9.17) is 0 Å². The van der Waals surface area contributed by atoms with Gasteiger partial charge in [0.15, 0.2) is 0 Å². The highest BCUT2D eigenvalue weighted by Crippen LogP contribution is 2.22. The Hall–Kier alpha value is -0.650. The number of carboxylic acid groups (broad SMARTS) is 1. The van der Waals surface area contributed by atoms with Gasteiger partial charge in [0, 0.05) is 12.1 Å². The van der Waals surface area contributed by atoms with Crippen LogP contribution in [-0.2, 0) is 4.79 Å². The molecular weight excluding hydrogens is 266 g/mol. The fourth-order valence-electron chi connectivity index (χ4n) is 3.36. The summed E-state index contributed by atoms with van der Waals surface area (Å²) >= 11 is 0. The molecule has 1 aliphatic rings. The fourth-order valence-corrected chi connectivity index (χ4v) is 3.36. The molecule has 1 saturated heterocycles. The number of hydrogen-bond acceptors (Lipinski definition) is 4. The maximum absolute atomic E-state index is 11.5. The molecule has 1 aliphatic heterocycles. The third-order valence-electron chi connectivity index (χ3n) is 5.02. The lowest BCUT2D eigenvalue weighted by Crippen LogP contribution is -2.55. The van der Waals surface area contributed by atoms with Crippen LogP contribution < -0.4 is 5.32 Å². The average molecular weight is 299 g/mol. The first-order chi connectivity index (χ1) is 9.84. The van der Waals surface area contributed by atoms with Gasteiger partial charge in [0.25, 0.3) is 0 Å². The summed E-state index contributed by atoms with van der Waals surface area (Å²) < 4.78 is 0. The van der Waals surface area contributed by atoms with Crippen LogP contribution in [0.5, 0.6) is 0 Å². The molecule has 0 aromatic rings. The summed E-state index contributed by atoms with van der Waals surface area (Å²) in [6.45, 7) is 12.2. The van der Waals surface area contributed by atoms with Gasteiger partial charge in [-0.3, -0.25) is 4.79 Å². The van der Waals surface area contributed by atoms with Crippen molar-refractivity contribution in [3.05, 3.63) is 0 Å². The highest BCUT2D eigenvalue weighted by atomic mass is 16.4. The number of hydrogen-bond donors (Lipinski definition) is 2. The van der Waals surface area contributed by atoms with Crippen LogP contribution in [0.25, 0.3) is 0 Å². The topological polar surface area (TPSA) is 55.8 Å². The molecule has 0 aromatic carbocycles. The molecule has 0 spiro atoms. The van der Waals surface area contributed by atoms with E-state index >= 15 is 0 Å². The second-order valence-electron chi connectivity index (χ2n) is 6.55. The van der Waals surface area contributed by atoms with Crippen molar-refractivity contribution >= 4 is 5.97 Å². The third kappa shape index (κ3) is 4.94. The van der Waals surface area contributed by atoms with Crippen molar-refractivity contribution in [1.29, 1.82) is 0 Å². The minimum atomic E-state index is -0.841. The standard InChI is InChI=1S/C16H33N3O2/c1-6-17-16(4,15(20)21)12-13(3)18(5)14-8-10-19(7-2)11-9-14/h13-14,17H,6-12H2,1-5H3,(H,20,21). The van der Waals surface area contributed by atoms with Crippen molar-refractivity contribution in [2.45, 2.75) is 64.6 Å². The Balaban J connectivity index is 2.57. The third-order valence-corrected chi connectivity index (χ3v) is 5.02. The van der Waals surface area contributed by atoms with Gasteiger partial charge in [-0.25, -0.2) is 0 Å². The molecule has 21 heavy (non-hydrogen) atoms. The first kappa shape index (κ1) is 18.4. The summed E-state index contributed by atoms with van der Waals surface area (Å²) in [5, 5.41) is 12.6. The minimum absolute atomic E-state index is 0.253. The number of likely N-dealkylation sites (tertiary alicyclic amines) is 1. The van der Waals surface area contributed by atoms with Crippen LogP contribution in [0.15, 0.2) is 0 Å². The molecule has 1 heterocycles. The summed E-state index contributed by atoms with van der Waals surface area (Å²) in [5.41, 5.74) is -0.841. The van der Waals surface area contributed by atoms with E-state index in [9.17, 15) is 9.90 Å². The smallest absolute Gasteiger partial charge is 0.323 e. The predicted molar refractivity (Wildman–Crippen MR) is 86.7 cm³/mol. The van der Waals surface area contributed by atoms with Gasteiger partial charge in [0.05, 0.1) is 0 Å². The van der Waals surface area contributed by atoms with E-state index in [1.165, 1.54) is 12.8 Å². The summed E-state index contributed by atoms with van der Waals surface area (Å²) in [7, 11) is 2.14. The monoisotopic (exact) mass is 299 g/mol. The van der Waals surface area contributed by atoms with Gasteiger partial charge >= 0.3 is 5.97 Å². The van der Waals surface area contributed by atoms with Crippen molar-refractivity contribution in [3.8, 4) is 0 Å². The average Bonchev–Trinajstić information content (AvgIpc) is 2.46. The van der Waals surface area contributed by atoms with E-state index in [1.807, 2.05) is 6.92 Å². The molecule has 0 aromatic heterocycles. The SMILES string of the molecule is CCNC(C)(CC(C)N(C)C1CCN(CC)CC1)C(=O)O. The van der Waals surface area contributed by atoms with Crippen molar-refractivity contribution < 1.29 is 9.90 Å². The zero-order valence-corrected chi connectivity index (χ0v) is 14.4. The van der Waals surface area contributed by atoms with Gasteiger partial charge in [-0.05, 0) is 66.3 Å². The Morgan fingerprint density at radius 1 is 1.43 bits per heavy atom. The molecule has 0 amide bonds. The lowest BCUT2D eigenvalue weighted by Gasteiger charge is -2.41. The van der Waals surface area contributed by atoms with Crippen LogP contribution in [0.1, 0.15) is 47.0 Å². The van der Waals surface area contributed by atoms with Crippen molar-refractivity contribution in [2.24, 2.45) is 0 Å². The zero-order valence-electron chi connectivity index (χ0n) is 14.4. The van der Waals surface area contributed by atoms with Crippen molar-refractivity contribution in [3.63, 3.8) is 0 Å². The van der Waals surface area contributed by atoms with Crippen LogP contribution in [-0.4, -0.2) is 71.7 Å². The van der Waals surface area contributed by atoms with E-state index in [0.29, 0.717) is 19.0 Å². The summed E-state index contributed by atoms with van der Waals surface area (Å²) in [6, 6.07) is 0.825. The minimum Gasteiger partial charge on any atom is -0.480 e. The second kappa shape index (κ2) is 8.11. The van der Waals surface area contributed by atoms with Gasteiger partial charge in [0.2, 0.25) is 0 Å². The number of aliphatic carboxylic acids is 1. The van der Waals surface area contributed by atoms with E-state index in [2.05, 4.69) is 36.0 Å². The number of nitrogens with zero attached hydrogens (tertiary/aromatic N) is 2. The van der Waals surface area contributed by atoms with Crippen LogP contribution >= 0.6 is 0 Å². The van der Waals surface area contributed by atoms with E-state index in [-0.39, 0.29) is 6.04 Å². The summed E-state index contributed by atoms with van der Waals surface area (Å²) in [4.78, 5) is 16.4. The Morgan fingerprint density at radius 2 is 2.00 bits per heavy atom. The molecule has 0 aliphatic carbocycles. The highest BCUT2D eigenvalue weighted by molar-refractivity contribution is 5.78. The molecule has 0 radical (unpaired) electrons. The van der Waals surface area contributed by atoms with Crippen LogP contribution in [0.2, 0.25) is 0 Å². The molecule has 0 saturated carbocycles. The molecule has 0 bridgehead atoms. The molecule has 2 unspecified atom stereocenters. The number of piperidine rings is 1. The maximum atomic E-state index is 11.5. The second-order valence-corrected chi connectivity index (χ2v) is 6.55. The van der Waals surface area contributed by atoms with Gasteiger partial charge in [-0.1, -0.05) is 13.8 Å². The predicted octanol–water partition coefficient (Wildman–Crippen LogP) is 1.63. The van der Waals surface area contributed by atoms with Crippen LogP contribution in [0, 0.1) is 0 Å². The number of carboxylic acids is 1. The van der Waals surface area contributed by atoms with E-state index in [1.54, 1.807) is 6.92 Å². The largest absolute Gasteiger partial charge is 0.480 e. The fraction of sp³-hybridized carbons (Fsp3) is 0.938. The Labute approximate surface area is 129 Å². The first-order valence-corrected chi connectivity index (χ1v) is 8.26. The van der Waals surface area contributed by atoms with Crippen molar-refractivity contribution in [1.82, 2.24) is 15.1 Å². The first-order valence-electron chi connectivity index (χ1n) is 8.26. The van der Waals surface area contributed by atoms with Crippen LogP contribution in [0.4, 0.5) is 0 Å². The Kier molecular flexibility index (Phi) is 7.10. The molecule has 2 N–H and O–H groups in total. The van der Waals surface area contributed by atoms with Crippen molar-refractivity contribution in [2.75, 3.05) is 33.2 Å². The molecule has 2 atom stereocenters. The van der Waals surface area contributed by atoms with Gasteiger partial charge < -0.3 is 20.2 Å². The normalized spacial score (nSPS) is 22.2. The Morgan fingerprint density at radius 3 is 2.43 bits per heavy atom. The molecule has 5 heteroatoms. The number of rotatable bonds is 8. The molecule has 5 nitrogen and oxygen atoms in total. The van der Waals surface area contributed by atoms with Gasteiger partial charge in [-0.2, -0.15) is 0 Å². The highest BCUT2D eigenvalue weighted by Gasteiger charge is 2.36. The quantitative estimate of drug-likeness (QED) is 0.713. The molecular formula is C16H33N3O2. The van der Waals surface area contributed by atoms with Gasteiger partial charge in [-0.15, -0.1) is 0 Å². The summed E-state index contributed by atoms with van der Waals surface area (Å²) in [6.07, 6.45) is 2.99. The lowest BCUT2D eigenvalue weighted by molar-refractivity contribution is -0.145. The molecule has 1 rings (SSSR count). The zero-order chi connectivity index (χ0) is 16.0. The van der Waals surface area contributed by atoms with Gasteiger partial charge in [0.1, 0.15) is 5.54 Å². The Bertz CT molecular complexity index is 329. The number of likely N-dealkylation sites (N-methyl/N-ethyl adjacent to an activating group) is 1. The number of carbonyl (C=O) groups is 1. The molecule has 1 fully saturated rings. The van der Waals surface area contributed by atoms with Crippen LogP contribution in [0.3, 0.4) is 0 Å².